The van der Waals surface area contributed by atoms with E-state index in [-0.39, 0.29) is 16.8 Å². The quantitative estimate of drug-likeness (QED) is 0.557. The summed E-state index contributed by atoms with van der Waals surface area (Å²) in [5.41, 5.74) is 0.831. The molecule has 0 heterocycles. The molecule has 7 nitrogen and oxygen atoms in total. The van der Waals surface area contributed by atoms with Crippen molar-refractivity contribution in [3.63, 3.8) is 0 Å². The molecule has 0 aliphatic carbocycles. The molecular formula is C24H18FN2O5-. The number of halogens is 1. The van der Waals surface area contributed by atoms with E-state index in [0.29, 0.717) is 17.0 Å². The highest BCUT2D eigenvalue weighted by Crippen LogP contribution is 2.18. The van der Waals surface area contributed by atoms with Crippen molar-refractivity contribution in [2.45, 2.75) is 0 Å². The van der Waals surface area contributed by atoms with E-state index in [4.69, 9.17) is 4.74 Å². The molecular weight excluding hydrogens is 415 g/mol. The van der Waals surface area contributed by atoms with Crippen LogP contribution in [0.15, 0.2) is 78.5 Å². The standard InChI is InChI=1S/C24H19FN2O5/c1-32-21-5-3-2-4-19(21)22(28)27-20(14-15-6-10-17(25)11-7-15)23(29)26-18-12-8-16(9-13-18)24(30)31/h2-14H,1H3,(H,26,29)(H,27,28)(H,30,31)/p-1/b20-14+. The zero-order valence-corrected chi connectivity index (χ0v) is 16.9. The Balaban J connectivity index is 1.89. The average Bonchev–Trinajstić information content (AvgIpc) is 2.80. The summed E-state index contributed by atoms with van der Waals surface area (Å²) in [5.74, 6) is -2.72. The fourth-order valence-corrected chi connectivity index (χ4v) is 2.79. The summed E-state index contributed by atoms with van der Waals surface area (Å²) in [7, 11) is 1.42. The maximum absolute atomic E-state index is 13.2. The maximum atomic E-state index is 13.2. The van der Waals surface area contributed by atoms with Gasteiger partial charge in [0.25, 0.3) is 11.8 Å². The van der Waals surface area contributed by atoms with Gasteiger partial charge in [0, 0.05) is 5.69 Å². The van der Waals surface area contributed by atoms with Crippen molar-refractivity contribution in [1.29, 1.82) is 0 Å². The zero-order chi connectivity index (χ0) is 23.1. The molecule has 2 N–H and O–H groups in total. The Morgan fingerprint density at radius 3 is 2.22 bits per heavy atom. The molecule has 0 saturated carbocycles. The number of carboxylic acid groups (broad SMARTS) is 1. The molecule has 0 unspecified atom stereocenters. The molecule has 0 spiro atoms. The van der Waals surface area contributed by atoms with Gasteiger partial charge >= 0.3 is 0 Å². The predicted octanol–water partition coefficient (Wildman–Crippen LogP) is 2.61. The third kappa shape index (κ3) is 5.57. The average molecular weight is 433 g/mol. The molecule has 0 aromatic heterocycles. The largest absolute Gasteiger partial charge is 0.545 e. The van der Waals surface area contributed by atoms with Crippen LogP contribution in [0.1, 0.15) is 26.3 Å². The Hall–Kier alpha value is -4.46. The second-order valence-corrected chi connectivity index (χ2v) is 6.58. The first kappa shape index (κ1) is 22.2. The minimum Gasteiger partial charge on any atom is -0.545 e. The summed E-state index contributed by atoms with van der Waals surface area (Å²) in [6, 6.07) is 17.2. The minimum absolute atomic E-state index is 0.0467. The molecule has 8 heteroatoms. The van der Waals surface area contributed by atoms with Crippen molar-refractivity contribution in [2.24, 2.45) is 0 Å². The monoisotopic (exact) mass is 433 g/mol. The molecule has 3 rings (SSSR count). The highest BCUT2D eigenvalue weighted by atomic mass is 19.1. The number of hydrogen-bond donors (Lipinski definition) is 2. The predicted molar refractivity (Wildman–Crippen MR) is 114 cm³/mol. The summed E-state index contributed by atoms with van der Waals surface area (Å²) >= 11 is 0. The topological polar surface area (TPSA) is 108 Å². The normalized spacial score (nSPS) is 10.9. The second kappa shape index (κ2) is 10.0. The molecule has 0 aliphatic heterocycles. The van der Waals surface area contributed by atoms with Gasteiger partial charge in [0.05, 0.1) is 18.6 Å². The van der Waals surface area contributed by atoms with E-state index in [0.717, 1.165) is 0 Å². The summed E-state index contributed by atoms with van der Waals surface area (Å²) in [6.45, 7) is 0. The Labute approximate surface area is 183 Å². The Morgan fingerprint density at radius 2 is 1.59 bits per heavy atom. The van der Waals surface area contributed by atoms with E-state index in [1.165, 1.54) is 61.7 Å². The number of carbonyl (C=O) groups is 3. The van der Waals surface area contributed by atoms with Crippen LogP contribution < -0.4 is 20.5 Å². The third-order valence-corrected chi connectivity index (χ3v) is 4.40. The van der Waals surface area contributed by atoms with Crippen molar-refractivity contribution >= 4 is 29.5 Å². The molecule has 0 aliphatic rings. The molecule has 162 valence electrons. The Kier molecular flexibility index (Phi) is 6.97. The van der Waals surface area contributed by atoms with E-state index < -0.39 is 23.6 Å². The highest BCUT2D eigenvalue weighted by molar-refractivity contribution is 6.11. The van der Waals surface area contributed by atoms with Crippen molar-refractivity contribution in [1.82, 2.24) is 5.32 Å². The summed E-state index contributed by atoms with van der Waals surface area (Å²) in [6.07, 6.45) is 1.39. The van der Waals surface area contributed by atoms with Crippen molar-refractivity contribution in [2.75, 3.05) is 12.4 Å². The minimum atomic E-state index is -1.34. The smallest absolute Gasteiger partial charge is 0.272 e. The van der Waals surface area contributed by atoms with Gasteiger partial charge < -0.3 is 25.3 Å². The van der Waals surface area contributed by atoms with Gasteiger partial charge in [-0.1, -0.05) is 36.4 Å². The SMILES string of the molecule is COc1ccccc1C(=O)N/C(=C/c1ccc(F)cc1)C(=O)Nc1ccc(C(=O)[O-])cc1. The van der Waals surface area contributed by atoms with Gasteiger partial charge in [-0.2, -0.15) is 0 Å². The summed E-state index contributed by atoms with van der Waals surface area (Å²) in [5, 5.41) is 16.0. The van der Waals surface area contributed by atoms with E-state index in [1.807, 2.05) is 0 Å². The van der Waals surface area contributed by atoms with Crippen LogP contribution in [0.25, 0.3) is 6.08 Å². The number of methoxy groups -OCH3 is 1. The first-order valence-corrected chi connectivity index (χ1v) is 9.42. The fraction of sp³-hybridized carbons (Fsp3) is 0.0417. The molecule has 0 radical (unpaired) electrons. The van der Waals surface area contributed by atoms with Crippen molar-refractivity contribution < 1.29 is 28.6 Å². The number of aromatic carboxylic acids is 1. The lowest BCUT2D eigenvalue weighted by Crippen LogP contribution is -2.31. The molecule has 2 amide bonds. The van der Waals surface area contributed by atoms with E-state index in [9.17, 15) is 23.9 Å². The third-order valence-electron chi connectivity index (χ3n) is 4.40. The van der Waals surface area contributed by atoms with E-state index >= 15 is 0 Å². The molecule has 3 aromatic rings. The Morgan fingerprint density at radius 1 is 0.938 bits per heavy atom. The van der Waals surface area contributed by atoms with E-state index in [1.54, 1.807) is 24.3 Å². The highest BCUT2D eigenvalue weighted by Gasteiger charge is 2.17. The lowest BCUT2D eigenvalue weighted by Gasteiger charge is -2.13. The van der Waals surface area contributed by atoms with Crippen LogP contribution in [0.4, 0.5) is 10.1 Å². The van der Waals surface area contributed by atoms with Gasteiger partial charge in [0.2, 0.25) is 0 Å². The summed E-state index contributed by atoms with van der Waals surface area (Å²) < 4.78 is 18.4. The first-order valence-electron chi connectivity index (χ1n) is 9.42. The molecule has 3 aromatic carbocycles. The van der Waals surface area contributed by atoms with Crippen LogP contribution in [0.3, 0.4) is 0 Å². The summed E-state index contributed by atoms with van der Waals surface area (Å²) in [4.78, 5) is 36.6. The molecule has 0 atom stereocenters. The van der Waals surface area contributed by atoms with Crippen molar-refractivity contribution in [3.8, 4) is 5.75 Å². The fourth-order valence-electron chi connectivity index (χ4n) is 2.79. The van der Waals surface area contributed by atoms with Crippen LogP contribution in [0, 0.1) is 5.82 Å². The van der Waals surface area contributed by atoms with Gasteiger partial charge in [-0.3, -0.25) is 9.59 Å². The van der Waals surface area contributed by atoms with Gasteiger partial charge in [-0.15, -0.1) is 0 Å². The van der Waals surface area contributed by atoms with Gasteiger partial charge in [0.15, 0.2) is 0 Å². The maximum Gasteiger partial charge on any atom is 0.272 e. The number of para-hydroxylation sites is 1. The molecule has 0 fully saturated rings. The van der Waals surface area contributed by atoms with Crippen molar-refractivity contribution in [3.05, 3.63) is 101 Å². The number of amides is 2. The number of carboxylic acids is 1. The van der Waals surface area contributed by atoms with E-state index in [2.05, 4.69) is 10.6 Å². The first-order chi connectivity index (χ1) is 15.4. The Bertz CT molecular complexity index is 1170. The molecule has 0 bridgehead atoms. The zero-order valence-electron chi connectivity index (χ0n) is 16.9. The van der Waals surface area contributed by atoms with Crippen LogP contribution >= 0.6 is 0 Å². The lowest BCUT2D eigenvalue weighted by atomic mass is 10.1. The van der Waals surface area contributed by atoms with Crippen LogP contribution in [0.2, 0.25) is 0 Å². The second-order valence-electron chi connectivity index (χ2n) is 6.58. The van der Waals surface area contributed by atoms with Crippen LogP contribution in [-0.2, 0) is 4.79 Å². The van der Waals surface area contributed by atoms with Crippen LogP contribution in [0.5, 0.6) is 5.75 Å². The lowest BCUT2D eigenvalue weighted by molar-refractivity contribution is -0.255. The number of anilines is 1. The molecule has 0 saturated heterocycles. The number of nitrogens with one attached hydrogen (secondary N) is 2. The molecule has 32 heavy (non-hydrogen) atoms. The number of hydrogen-bond acceptors (Lipinski definition) is 5. The van der Waals surface area contributed by atoms with Gasteiger partial charge in [-0.25, -0.2) is 4.39 Å². The van der Waals surface area contributed by atoms with Crippen LogP contribution in [-0.4, -0.2) is 24.9 Å². The van der Waals surface area contributed by atoms with Gasteiger partial charge in [-0.05, 0) is 53.6 Å². The number of benzene rings is 3. The van der Waals surface area contributed by atoms with Gasteiger partial charge in [0.1, 0.15) is 17.3 Å². The number of carbonyl (C=O) groups excluding carboxylic acids is 3. The number of ether oxygens (including phenoxy) is 1. The number of rotatable bonds is 7.